The highest BCUT2D eigenvalue weighted by Gasteiger charge is 2.09. The van der Waals surface area contributed by atoms with Crippen LogP contribution in [0.25, 0.3) is 0 Å². The Hall–Kier alpha value is -3.02. The smallest absolute Gasteiger partial charge is 0.276 e. The third-order valence-electron chi connectivity index (χ3n) is 3.57. The summed E-state index contributed by atoms with van der Waals surface area (Å²) in [6, 6.07) is 12.5. The maximum Gasteiger partial charge on any atom is 0.276 e. The number of hydrogen-bond acceptors (Lipinski definition) is 4. The van der Waals surface area contributed by atoms with Crippen molar-refractivity contribution in [1.82, 2.24) is 10.9 Å². The Balaban J connectivity index is 1.82. The van der Waals surface area contributed by atoms with E-state index >= 15 is 0 Å². The van der Waals surface area contributed by atoms with Crippen molar-refractivity contribution in [3.8, 4) is 11.5 Å². The second-order valence-corrected chi connectivity index (χ2v) is 5.94. The zero-order valence-electron chi connectivity index (χ0n) is 15.3. The monoisotopic (exact) mass is 356 g/mol. The van der Waals surface area contributed by atoms with Crippen molar-refractivity contribution >= 4 is 11.8 Å². The summed E-state index contributed by atoms with van der Waals surface area (Å²) in [5.74, 6) is 0.380. The number of nitrogens with one attached hydrogen (secondary N) is 2. The van der Waals surface area contributed by atoms with E-state index < -0.39 is 11.8 Å². The van der Waals surface area contributed by atoms with Gasteiger partial charge in [-0.25, -0.2) is 0 Å². The Morgan fingerprint density at radius 1 is 1.00 bits per heavy atom. The fourth-order valence-corrected chi connectivity index (χ4v) is 2.29. The van der Waals surface area contributed by atoms with Crippen molar-refractivity contribution in [2.24, 2.45) is 0 Å². The minimum absolute atomic E-state index is 0.191. The molecule has 2 rings (SSSR count). The molecule has 0 radical (unpaired) electrons. The Kier molecular flexibility index (Phi) is 7.02. The first kappa shape index (κ1) is 19.3. The second-order valence-electron chi connectivity index (χ2n) is 5.94. The van der Waals surface area contributed by atoms with Crippen LogP contribution in [-0.4, -0.2) is 25.0 Å². The van der Waals surface area contributed by atoms with E-state index in [-0.39, 0.29) is 6.61 Å². The van der Waals surface area contributed by atoms with Crippen LogP contribution in [0.5, 0.6) is 11.5 Å². The molecule has 0 spiro atoms. The molecule has 0 aliphatic rings. The molecule has 6 nitrogen and oxygen atoms in total. The van der Waals surface area contributed by atoms with Crippen LogP contribution in [0.3, 0.4) is 0 Å². The van der Waals surface area contributed by atoms with E-state index in [1.165, 1.54) is 0 Å². The molecule has 2 aromatic carbocycles. The van der Waals surface area contributed by atoms with Crippen LogP contribution in [0.15, 0.2) is 42.5 Å². The molecule has 0 heterocycles. The standard InChI is InChI=1S/C20H24N2O4/c1-4-10-25-17-7-5-6-16(12-17)20(24)22-21-19(23)13-26-18-9-8-14(2)11-15(18)3/h5-9,11-12H,4,10,13H2,1-3H3,(H,21,23)(H,22,24). The Morgan fingerprint density at radius 2 is 1.81 bits per heavy atom. The summed E-state index contributed by atoms with van der Waals surface area (Å²) >= 11 is 0. The number of carbonyl (C=O) groups excluding carboxylic acids is 2. The van der Waals surface area contributed by atoms with Gasteiger partial charge in [0.25, 0.3) is 11.8 Å². The quantitative estimate of drug-likeness (QED) is 0.748. The minimum atomic E-state index is -0.447. The van der Waals surface area contributed by atoms with Crippen LogP contribution in [-0.2, 0) is 4.79 Å². The number of benzene rings is 2. The van der Waals surface area contributed by atoms with Crippen molar-refractivity contribution in [1.29, 1.82) is 0 Å². The lowest BCUT2D eigenvalue weighted by atomic mass is 10.1. The molecule has 6 heteroatoms. The van der Waals surface area contributed by atoms with Crippen LogP contribution in [0.2, 0.25) is 0 Å². The molecule has 0 bridgehead atoms. The molecule has 2 amide bonds. The van der Waals surface area contributed by atoms with E-state index in [0.717, 1.165) is 17.5 Å². The Morgan fingerprint density at radius 3 is 2.54 bits per heavy atom. The van der Waals surface area contributed by atoms with Crippen molar-refractivity contribution in [2.75, 3.05) is 13.2 Å². The van der Waals surface area contributed by atoms with Gasteiger partial charge < -0.3 is 9.47 Å². The summed E-state index contributed by atoms with van der Waals surface area (Å²) in [5.41, 5.74) is 7.18. The maximum absolute atomic E-state index is 12.1. The average molecular weight is 356 g/mol. The predicted molar refractivity (Wildman–Crippen MR) is 99.2 cm³/mol. The first-order valence-electron chi connectivity index (χ1n) is 8.51. The number of rotatable bonds is 7. The molecule has 0 fully saturated rings. The fourth-order valence-electron chi connectivity index (χ4n) is 2.29. The molecule has 0 atom stereocenters. The summed E-state index contributed by atoms with van der Waals surface area (Å²) in [6.07, 6.45) is 0.882. The van der Waals surface area contributed by atoms with Gasteiger partial charge >= 0.3 is 0 Å². The number of hydrogen-bond donors (Lipinski definition) is 2. The molecule has 2 aromatic rings. The maximum atomic E-state index is 12.1. The molecule has 0 saturated carbocycles. The highest BCUT2D eigenvalue weighted by molar-refractivity contribution is 5.95. The summed E-state index contributed by atoms with van der Waals surface area (Å²) in [5, 5.41) is 0. The van der Waals surface area contributed by atoms with Gasteiger partial charge in [0.15, 0.2) is 6.61 Å². The van der Waals surface area contributed by atoms with Gasteiger partial charge in [0.05, 0.1) is 6.61 Å². The van der Waals surface area contributed by atoms with Crippen LogP contribution < -0.4 is 20.3 Å². The van der Waals surface area contributed by atoms with Crippen LogP contribution >= 0.6 is 0 Å². The number of carbonyl (C=O) groups is 2. The fraction of sp³-hybridized carbons (Fsp3) is 0.300. The summed E-state index contributed by atoms with van der Waals surface area (Å²) in [6.45, 7) is 6.30. The molecule has 2 N–H and O–H groups in total. The lowest BCUT2D eigenvalue weighted by Gasteiger charge is -2.11. The molecule has 0 aliphatic carbocycles. The minimum Gasteiger partial charge on any atom is -0.494 e. The van der Waals surface area contributed by atoms with Gasteiger partial charge in [-0.15, -0.1) is 0 Å². The first-order chi connectivity index (χ1) is 12.5. The van der Waals surface area contributed by atoms with E-state index in [1.807, 2.05) is 39.0 Å². The molecule has 0 aromatic heterocycles. The molecular formula is C20H24N2O4. The van der Waals surface area contributed by atoms with Crippen LogP contribution in [0.4, 0.5) is 0 Å². The van der Waals surface area contributed by atoms with Gasteiger partial charge in [0.1, 0.15) is 11.5 Å². The third kappa shape index (κ3) is 5.81. The highest BCUT2D eigenvalue weighted by atomic mass is 16.5. The average Bonchev–Trinajstić information content (AvgIpc) is 2.64. The van der Waals surface area contributed by atoms with E-state index in [4.69, 9.17) is 9.47 Å². The summed E-state index contributed by atoms with van der Waals surface area (Å²) < 4.78 is 11.0. The van der Waals surface area contributed by atoms with Gasteiger partial charge in [-0.1, -0.05) is 30.7 Å². The van der Waals surface area contributed by atoms with Crippen LogP contribution in [0.1, 0.15) is 34.8 Å². The lowest BCUT2D eigenvalue weighted by molar-refractivity contribution is -0.123. The molecule has 138 valence electrons. The van der Waals surface area contributed by atoms with Gasteiger partial charge in [0.2, 0.25) is 0 Å². The normalized spacial score (nSPS) is 10.1. The Labute approximate surface area is 153 Å². The van der Waals surface area contributed by atoms with Crippen molar-refractivity contribution in [3.05, 3.63) is 59.2 Å². The topological polar surface area (TPSA) is 76.7 Å². The number of aryl methyl sites for hydroxylation is 2. The highest BCUT2D eigenvalue weighted by Crippen LogP contribution is 2.18. The molecule has 0 aliphatic heterocycles. The second kappa shape index (κ2) is 9.46. The Bertz CT molecular complexity index is 774. The first-order valence-corrected chi connectivity index (χ1v) is 8.51. The van der Waals surface area contributed by atoms with Gasteiger partial charge in [-0.2, -0.15) is 0 Å². The SMILES string of the molecule is CCCOc1cccc(C(=O)NNC(=O)COc2ccc(C)cc2C)c1. The van der Waals surface area contributed by atoms with Crippen molar-refractivity contribution in [3.63, 3.8) is 0 Å². The summed E-state index contributed by atoms with van der Waals surface area (Å²) in [4.78, 5) is 24.0. The lowest BCUT2D eigenvalue weighted by Crippen LogP contribution is -2.43. The van der Waals surface area contributed by atoms with E-state index in [2.05, 4.69) is 10.9 Å². The van der Waals surface area contributed by atoms with E-state index in [0.29, 0.717) is 23.7 Å². The van der Waals surface area contributed by atoms with Gasteiger partial charge in [-0.05, 0) is 50.1 Å². The zero-order valence-corrected chi connectivity index (χ0v) is 15.3. The van der Waals surface area contributed by atoms with Crippen LogP contribution in [0, 0.1) is 13.8 Å². The number of amides is 2. The largest absolute Gasteiger partial charge is 0.494 e. The zero-order chi connectivity index (χ0) is 18.9. The predicted octanol–water partition coefficient (Wildman–Crippen LogP) is 2.93. The number of ether oxygens (including phenoxy) is 2. The molecule has 0 saturated heterocycles. The van der Waals surface area contributed by atoms with E-state index in [9.17, 15) is 9.59 Å². The molecular weight excluding hydrogens is 332 g/mol. The third-order valence-corrected chi connectivity index (χ3v) is 3.57. The van der Waals surface area contributed by atoms with Gasteiger partial charge in [0, 0.05) is 5.56 Å². The molecule has 0 unspecified atom stereocenters. The molecule has 26 heavy (non-hydrogen) atoms. The number of hydrazine groups is 1. The van der Waals surface area contributed by atoms with E-state index in [1.54, 1.807) is 24.3 Å². The summed E-state index contributed by atoms with van der Waals surface area (Å²) in [7, 11) is 0. The van der Waals surface area contributed by atoms with Gasteiger partial charge in [-0.3, -0.25) is 20.4 Å². The van der Waals surface area contributed by atoms with Crippen molar-refractivity contribution < 1.29 is 19.1 Å². The van der Waals surface area contributed by atoms with Crippen molar-refractivity contribution in [2.45, 2.75) is 27.2 Å².